The molecule has 4 heteroatoms. The third kappa shape index (κ3) is 6.00. The predicted octanol–water partition coefficient (Wildman–Crippen LogP) is 2.44. The Labute approximate surface area is 97.4 Å². The summed E-state index contributed by atoms with van der Waals surface area (Å²) in [6.45, 7) is 8.60. The molecule has 0 saturated carbocycles. The summed E-state index contributed by atoms with van der Waals surface area (Å²) in [7, 11) is 0. The molecule has 3 nitrogen and oxygen atoms in total. The standard InChI is InChI=1S/C11H22ClNO2/c1-4-9(5-2)7-13(6-3)8-10(12)11(14)15/h9-10H,4-8H2,1-3H3,(H,14,15). The maximum Gasteiger partial charge on any atom is 0.322 e. The molecule has 1 unspecified atom stereocenters. The van der Waals surface area contributed by atoms with Gasteiger partial charge in [0, 0.05) is 13.1 Å². The van der Waals surface area contributed by atoms with Crippen LogP contribution in [0.3, 0.4) is 0 Å². The molecule has 0 aromatic rings. The molecule has 0 bridgehead atoms. The summed E-state index contributed by atoms with van der Waals surface area (Å²) in [4.78, 5) is 12.7. The number of carboxylic acid groups (broad SMARTS) is 1. The number of rotatable bonds is 8. The van der Waals surface area contributed by atoms with Gasteiger partial charge in [0.15, 0.2) is 0 Å². The van der Waals surface area contributed by atoms with Crippen molar-refractivity contribution in [2.45, 2.75) is 39.0 Å². The minimum absolute atomic E-state index is 0.434. The van der Waals surface area contributed by atoms with Gasteiger partial charge in [0.2, 0.25) is 0 Å². The Morgan fingerprint density at radius 2 is 1.80 bits per heavy atom. The van der Waals surface area contributed by atoms with E-state index in [1.165, 1.54) is 0 Å². The Hall–Kier alpha value is -0.280. The minimum Gasteiger partial charge on any atom is -0.480 e. The van der Waals surface area contributed by atoms with Gasteiger partial charge < -0.3 is 10.0 Å². The second kappa shape index (κ2) is 7.94. The van der Waals surface area contributed by atoms with Crippen LogP contribution in [0.15, 0.2) is 0 Å². The minimum atomic E-state index is -0.931. The average molecular weight is 236 g/mol. The monoisotopic (exact) mass is 235 g/mol. The second-order valence-corrected chi connectivity index (χ2v) is 4.37. The number of carboxylic acids is 1. The molecule has 90 valence electrons. The van der Waals surface area contributed by atoms with Gasteiger partial charge >= 0.3 is 5.97 Å². The van der Waals surface area contributed by atoms with Crippen LogP contribution in [0.4, 0.5) is 0 Å². The van der Waals surface area contributed by atoms with Crippen molar-refractivity contribution in [1.29, 1.82) is 0 Å². The van der Waals surface area contributed by atoms with Crippen LogP contribution in [-0.4, -0.2) is 41.0 Å². The van der Waals surface area contributed by atoms with Gasteiger partial charge in [0.25, 0.3) is 0 Å². The van der Waals surface area contributed by atoms with Gasteiger partial charge in [-0.3, -0.25) is 4.79 Å². The Morgan fingerprint density at radius 3 is 2.13 bits per heavy atom. The first kappa shape index (κ1) is 14.7. The molecule has 0 rings (SSSR count). The van der Waals surface area contributed by atoms with Crippen molar-refractivity contribution in [2.75, 3.05) is 19.6 Å². The van der Waals surface area contributed by atoms with E-state index in [9.17, 15) is 4.79 Å². The molecule has 0 aliphatic carbocycles. The molecule has 0 aromatic heterocycles. The molecule has 0 saturated heterocycles. The maximum absolute atomic E-state index is 10.6. The maximum atomic E-state index is 10.6. The lowest BCUT2D eigenvalue weighted by molar-refractivity contribution is -0.137. The Bertz CT molecular complexity index is 183. The molecular formula is C11H22ClNO2. The fraction of sp³-hybridized carbons (Fsp3) is 0.909. The van der Waals surface area contributed by atoms with Crippen LogP contribution in [-0.2, 0) is 4.79 Å². The number of aliphatic carboxylic acids is 1. The highest BCUT2D eigenvalue weighted by Gasteiger charge is 2.18. The van der Waals surface area contributed by atoms with E-state index in [0.29, 0.717) is 12.5 Å². The molecule has 0 spiro atoms. The van der Waals surface area contributed by atoms with E-state index in [2.05, 4.69) is 18.7 Å². The van der Waals surface area contributed by atoms with Crippen molar-refractivity contribution in [1.82, 2.24) is 4.90 Å². The highest BCUT2D eigenvalue weighted by Crippen LogP contribution is 2.11. The Morgan fingerprint density at radius 1 is 1.27 bits per heavy atom. The van der Waals surface area contributed by atoms with Gasteiger partial charge in [-0.25, -0.2) is 0 Å². The van der Waals surface area contributed by atoms with Gasteiger partial charge in [0.05, 0.1) is 0 Å². The molecule has 0 fully saturated rings. The summed E-state index contributed by atoms with van der Waals surface area (Å²) in [5, 5.41) is 7.92. The zero-order chi connectivity index (χ0) is 11.8. The summed E-state index contributed by atoms with van der Waals surface area (Å²) in [6.07, 6.45) is 2.26. The lowest BCUT2D eigenvalue weighted by atomic mass is 10.0. The summed E-state index contributed by atoms with van der Waals surface area (Å²) in [5.41, 5.74) is 0. The molecular weight excluding hydrogens is 214 g/mol. The predicted molar refractivity (Wildman–Crippen MR) is 63.5 cm³/mol. The fourth-order valence-electron chi connectivity index (χ4n) is 1.55. The van der Waals surface area contributed by atoms with Gasteiger partial charge in [-0.1, -0.05) is 33.6 Å². The SMILES string of the molecule is CCC(CC)CN(CC)CC(Cl)C(=O)O. The zero-order valence-corrected chi connectivity index (χ0v) is 10.6. The quantitative estimate of drug-likeness (QED) is 0.657. The second-order valence-electron chi connectivity index (χ2n) is 3.84. The van der Waals surface area contributed by atoms with Crippen LogP contribution in [0, 0.1) is 5.92 Å². The summed E-state index contributed by atoms with van der Waals surface area (Å²) in [5.74, 6) is -0.290. The van der Waals surface area contributed by atoms with E-state index in [0.717, 1.165) is 25.9 Å². The smallest absolute Gasteiger partial charge is 0.322 e. The van der Waals surface area contributed by atoms with E-state index < -0.39 is 11.3 Å². The van der Waals surface area contributed by atoms with E-state index in [1.54, 1.807) is 0 Å². The summed E-state index contributed by atoms with van der Waals surface area (Å²) < 4.78 is 0. The first-order chi connectivity index (χ1) is 7.04. The van der Waals surface area contributed by atoms with Crippen molar-refractivity contribution < 1.29 is 9.90 Å². The molecule has 0 heterocycles. The Balaban J connectivity index is 4.07. The number of hydrogen-bond acceptors (Lipinski definition) is 2. The number of alkyl halides is 1. The van der Waals surface area contributed by atoms with Crippen LogP contribution in [0.2, 0.25) is 0 Å². The van der Waals surface area contributed by atoms with Crippen LogP contribution < -0.4 is 0 Å². The zero-order valence-electron chi connectivity index (χ0n) is 9.87. The van der Waals surface area contributed by atoms with Gasteiger partial charge in [0.1, 0.15) is 5.38 Å². The molecule has 1 N–H and O–H groups in total. The molecule has 0 amide bonds. The molecule has 0 radical (unpaired) electrons. The van der Waals surface area contributed by atoms with Crippen molar-refractivity contribution in [3.05, 3.63) is 0 Å². The van der Waals surface area contributed by atoms with Crippen molar-refractivity contribution in [3.8, 4) is 0 Å². The molecule has 0 aliphatic rings. The average Bonchev–Trinajstić information content (AvgIpc) is 2.23. The van der Waals surface area contributed by atoms with Crippen molar-refractivity contribution in [3.63, 3.8) is 0 Å². The van der Waals surface area contributed by atoms with Gasteiger partial charge in [-0.15, -0.1) is 11.6 Å². The van der Waals surface area contributed by atoms with Crippen LogP contribution in [0.25, 0.3) is 0 Å². The van der Waals surface area contributed by atoms with Gasteiger partial charge in [-0.2, -0.15) is 0 Å². The fourth-order valence-corrected chi connectivity index (χ4v) is 1.74. The summed E-state index contributed by atoms with van der Waals surface area (Å²) in [6, 6.07) is 0. The van der Waals surface area contributed by atoms with Crippen LogP contribution >= 0.6 is 11.6 Å². The number of hydrogen-bond donors (Lipinski definition) is 1. The van der Waals surface area contributed by atoms with E-state index in [1.807, 2.05) is 6.92 Å². The summed E-state index contributed by atoms with van der Waals surface area (Å²) >= 11 is 5.72. The highest BCUT2D eigenvalue weighted by molar-refractivity contribution is 6.29. The third-order valence-electron chi connectivity index (χ3n) is 2.80. The van der Waals surface area contributed by atoms with E-state index in [4.69, 9.17) is 16.7 Å². The highest BCUT2D eigenvalue weighted by atomic mass is 35.5. The molecule has 0 aliphatic heterocycles. The first-order valence-electron chi connectivity index (χ1n) is 5.64. The lowest BCUT2D eigenvalue weighted by Crippen LogP contribution is -2.36. The largest absolute Gasteiger partial charge is 0.480 e. The van der Waals surface area contributed by atoms with Crippen LogP contribution in [0.1, 0.15) is 33.6 Å². The lowest BCUT2D eigenvalue weighted by Gasteiger charge is -2.25. The number of halogens is 1. The molecule has 0 aromatic carbocycles. The normalized spacial score (nSPS) is 13.5. The number of nitrogens with zero attached hydrogens (tertiary/aromatic N) is 1. The van der Waals surface area contributed by atoms with Crippen molar-refractivity contribution >= 4 is 17.6 Å². The van der Waals surface area contributed by atoms with Crippen LogP contribution in [0.5, 0.6) is 0 Å². The van der Waals surface area contributed by atoms with Crippen molar-refractivity contribution in [2.24, 2.45) is 5.92 Å². The first-order valence-corrected chi connectivity index (χ1v) is 6.07. The van der Waals surface area contributed by atoms with Gasteiger partial charge in [-0.05, 0) is 12.5 Å². The Kier molecular flexibility index (Phi) is 7.79. The van der Waals surface area contributed by atoms with E-state index in [-0.39, 0.29) is 0 Å². The molecule has 1 atom stereocenters. The number of carbonyl (C=O) groups is 1. The van der Waals surface area contributed by atoms with E-state index >= 15 is 0 Å². The molecule has 15 heavy (non-hydrogen) atoms. The third-order valence-corrected chi connectivity index (χ3v) is 3.13. The topological polar surface area (TPSA) is 40.5 Å².